The highest BCUT2D eigenvalue weighted by atomic mass is 14.4. The van der Waals surface area contributed by atoms with Crippen molar-refractivity contribution < 1.29 is 0 Å². The second kappa shape index (κ2) is 5.92. The molecule has 0 nitrogen and oxygen atoms in total. The van der Waals surface area contributed by atoms with Crippen LogP contribution in [0.2, 0.25) is 0 Å². The van der Waals surface area contributed by atoms with Crippen LogP contribution in [0.4, 0.5) is 0 Å². The minimum Gasteiger partial charge on any atom is -0.0651 e. The molecule has 0 aromatic rings. The fourth-order valence-corrected chi connectivity index (χ4v) is 3.55. The van der Waals surface area contributed by atoms with Gasteiger partial charge < -0.3 is 0 Å². The van der Waals surface area contributed by atoms with E-state index in [1.54, 1.807) is 0 Å². The van der Waals surface area contributed by atoms with Gasteiger partial charge in [-0.2, -0.15) is 0 Å². The summed E-state index contributed by atoms with van der Waals surface area (Å²) in [5.41, 5.74) is 0. The summed E-state index contributed by atoms with van der Waals surface area (Å²) >= 11 is 0. The summed E-state index contributed by atoms with van der Waals surface area (Å²) in [4.78, 5) is 0. The summed E-state index contributed by atoms with van der Waals surface area (Å²) in [6.07, 6.45) is 7.27. The highest BCUT2D eigenvalue weighted by Crippen LogP contribution is 2.43. The van der Waals surface area contributed by atoms with Crippen molar-refractivity contribution in [2.45, 2.75) is 66.7 Å². The summed E-state index contributed by atoms with van der Waals surface area (Å²) < 4.78 is 0. The molecule has 4 unspecified atom stereocenters. The molecule has 1 rings (SSSR count). The zero-order chi connectivity index (χ0) is 11.4. The van der Waals surface area contributed by atoms with Crippen molar-refractivity contribution in [3.05, 3.63) is 0 Å². The highest BCUT2D eigenvalue weighted by Gasteiger charge is 2.33. The van der Waals surface area contributed by atoms with Gasteiger partial charge in [0, 0.05) is 0 Å². The Morgan fingerprint density at radius 1 is 0.933 bits per heavy atom. The maximum Gasteiger partial charge on any atom is -0.0363 e. The molecule has 0 spiro atoms. The Kier molecular flexibility index (Phi) is 5.15. The standard InChI is InChI=1S/C15H30/c1-6-12(5)15(7-2)14-9-8-13(10-14)11(3)4/h11-15H,6-10H2,1-5H3. The Labute approximate surface area is 96.8 Å². The molecule has 0 N–H and O–H groups in total. The molecule has 1 saturated carbocycles. The van der Waals surface area contributed by atoms with Gasteiger partial charge >= 0.3 is 0 Å². The van der Waals surface area contributed by atoms with Crippen LogP contribution in [0.15, 0.2) is 0 Å². The van der Waals surface area contributed by atoms with Crippen LogP contribution < -0.4 is 0 Å². The number of rotatable bonds is 5. The van der Waals surface area contributed by atoms with Gasteiger partial charge in [0.1, 0.15) is 0 Å². The molecule has 0 aromatic carbocycles. The van der Waals surface area contributed by atoms with Gasteiger partial charge in [-0.1, -0.05) is 47.5 Å². The second-order valence-electron chi connectivity index (χ2n) is 6.03. The fraction of sp³-hybridized carbons (Fsp3) is 1.00. The molecule has 0 saturated heterocycles. The molecule has 0 radical (unpaired) electrons. The van der Waals surface area contributed by atoms with Crippen LogP contribution in [0.1, 0.15) is 66.7 Å². The molecule has 4 atom stereocenters. The maximum atomic E-state index is 2.46. The molecular weight excluding hydrogens is 180 g/mol. The van der Waals surface area contributed by atoms with Crippen molar-refractivity contribution in [2.75, 3.05) is 0 Å². The van der Waals surface area contributed by atoms with Crippen LogP contribution in [0, 0.1) is 29.6 Å². The van der Waals surface area contributed by atoms with E-state index in [4.69, 9.17) is 0 Å². The van der Waals surface area contributed by atoms with E-state index >= 15 is 0 Å². The van der Waals surface area contributed by atoms with Gasteiger partial charge in [-0.15, -0.1) is 0 Å². The summed E-state index contributed by atoms with van der Waals surface area (Å²) in [7, 11) is 0. The van der Waals surface area contributed by atoms with E-state index in [1.807, 2.05) is 0 Å². The van der Waals surface area contributed by atoms with Gasteiger partial charge in [0.2, 0.25) is 0 Å². The first-order chi connectivity index (χ1) is 7.10. The summed E-state index contributed by atoms with van der Waals surface area (Å²) in [6.45, 7) is 12.0. The van der Waals surface area contributed by atoms with Crippen molar-refractivity contribution in [2.24, 2.45) is 29.6 Å². The fourth-order valence-electron chi connectivity index (χ4n) is 3.55. The van der Waals surface area contributed by atoms with Gasteiger partial charge in [-0.05, 0) is 48.9 Å². The van der Waals surface area contributed by atoms with Gasteiger partial charge in [0.05, 0.1) is 0 Å². The van der Waals surface area contributed by atoms with E-state index in [9.17, 15) is 0 Å². The van der Waals surface area contributed by atoms with Crippen molar-refractivity contribution in [3.63, 3.8) is 0 Å². The average Bonchev–Trinajstić information content (AvgIpc) is 2.68. The van der Waals surface area contributed by atoms with Crippen molar-refractivity contribution in [1.29, 1.82) is 0 Å². The Balaban J connectivity index is 2.50. The maximum absolute atomic E-state index is 2.46. The van der Waals surface area contributed by atoms with Crippen molar-refractivity contribution >= 4 is 0 Å². The first-order valence-electron chi connectivity index (χ1n) is 7.10. The van der Waals surface area contributed by atoms with Gasteiger partial charge in [-0.25, -0.2) is 0 Å². The lowest BCUT2D eigenvalue weighted by Crippen LogP contribution is -2.19. The number of hydrogen-bond acceptors (Lipinski definition) is 0. The van der Waals surface area contributed by atoms with E-state index in [2.05, 4.69) is 34.6 Å². The van der Waals surface area contributed by atoms with Crippen LogP contribution in [-0.2, 0) is 0 Å². The van der Waals surface area contributed by atoms with Crippen molar-refractivity contribution in [3.8, 4) is 0 Å². The zero-order valence-corrected chi connectivity index (χ0v) is 11.4. The van der Waals surface area contributed by atoms with E-state index in [0.717, 1.165) is 29.6 Å². The summed E-state index contributed by atoms with van der Waals surface area (Å²) in [5.74, 6) is 4.90. The molecule has 1 fully saturated rings. The first-order valence-corrected chi connectivity index (χ1v) is 7.10. The molecule has 0 aliphatic heterocycles. The lowest BCUT2D eigenvalue weighted by molar-refractivity contribution is 0.219. The molecule has 0 heteroatoms. The van der Waals surface area contributed by atoms with Gasteiger partial charge in [0.25, 0.3) is 0 Å². The molecule has 0 heterocycles. The van der Waals surface area contributed by atoms with E-state index in [-0.39, 0.29) is 0 Å². The highest BCUT2D eigenvalue weighted by molar-refractivity contribution is 4.83. The van der Waals surface area contributed by atoms with Crippen LogP contribution >= 0.6 is 0 Å². The third-order valence-corrected chi connectivity index (χ3v) is 4.91. The molecule has 90 valence electrons. The Hall–Kier alpha value is 0. The van der Waals surface area contributed by atoms with Crippen LogP contribution in [0.25, 0.3) is 0 Å². The van der Waals surface area contributed by atoms with Crippen molar-refractivity contribution in [1.82, 2.24) is 0 Å². The third-order valence-electron chi connectivity index (χ3n) is 4.91. The first kappa shape index (κ1) is 13.1. The van der Waals surface area contributed by atoms with Crippen LogP contribution in [-0.4, -0.2) is 0 Å². The summed E-state index contributed by atoms with van der Waals surface area (Å²) in [6, 6.07) is 0. The lowest BCUT2D eigenvalue weighted by Gasteiger charge is -2.28. The molecule has 1 aliphatic carbocycles. The molecule has 15 heavy (non-hydrogen) atoms. The third kappa shape index (κ3) is 3.23. The lowest BCUT2D eigenvalue weighted by atomic mass is 9.77. The van der Waals surface area contributed by atoms with Gasteiger partial charge in [0.15, 0.2) is 0 Å². The Morgan fingerprint density at radius 3 is 1.93 bits per heavy atom. The molecule has 1 aliphatic rings. The van der Waals surface area contributed by atoms with E-state index < -0.39 is 0 Å². The molecule has 0 amide bonds. The number of hydrogen-bond donors (Lipinski definition) is 0. The quantitative estimate of drug-likeness (QED) is 0.590. The minimum absolute atomic E-state index is 0.907. The normalized spacial score (nSPS) is 30.8. The zero-order valence-electron chi connectivity index (χ0n) is 11.4. The van der Waals surface area contributed by atoms with Crippen LogP contribution in [0.5, 0.6) is 0 Å². The molecule has 0 aromatic heterocycles. The topological polar surface area (TPSA) is 0 Å². The SMILES string of the molecule is CCC(C)C(CC)C1CCC(C(C)C)C1. The largest absolute Gasteiger partial charge is 0.0651 e. The average molecular weight is 210 g/mol. The molecule has 0 bridgehead atoms. The van der Waals surface area contributed by atoms with Crippen LogP contribution in [0.3, 0.4) is 0 Å². The predicted molar refractivity (Wildman–Crippen MR) is 68.9 cm³/mol. The molecular formula is C15H30. The predicted octanol–water partition coefficient (Wildman–Crippen LogP) is 5.13. The smallest absolute Gasteiger partial charge is 0.0363 e. The second-order valence-corrected chi connectivity index (χ2v) is 6.03. The van der Waals surface area contributed by atoms with E-state index in [0.29, 0.717) is 0 Å². The Morgan fingerprint density at radius 2 is 1.53 bits per heavy atom. The Bertz CT molecular complexity index is 171. The monoisotopic (exact) mass is 210 g/mol. The summed E-state index contributed by atoms with van der Waals surface area (Å²) in [5, 5.41) is 0. The van der Waals surface area contributed by atoms with E-state index in [1.165, 1.54) is 32.1 Å². The minimum atomic E-state index is 0.907. The van der Waals surface area contributed by atoms with Gasteiger partial charge in [-0.3, -0.25) is 0 Å².